The first-order valence-electron chi connectivity index (χ1n) is 7.54. The van der Waals surface area contributed by atoms with Gasteiger partial charge in [0.05, 0.1) is 18.9 Å². The van der Waals surface area contributed by atoms with Crippen molar-refractivity contribution in [3.63, 3.8) is 0 Å². The van der Waals surface area contributed by atoms with Gasteiger partial charge in [0.25, 0.3) is 5.56 Å². The molecule has 1 aliphatic rings. The van der Waals surface area contributed by atoms with Crippen LogP contribution in [0.3, 0.4) is 0 Å². The molecular weight excluding hydrogens is 503 g/mol. The number of alkyl halides is 1. The second-order valence-corrected chi connectivity index (χ2v) is 10.9. The maximum Gasteiger partial charge on any atom is 0.490 e. The Balaban J connectivity index is 2.09. The number of nitrogens with one attached hydrogen (secondary N) is 1. The molecule has 2 unspecified atom stereocenters. The van der Waals surface area contributed by atoms with Gasteiger partial charge < -0.3 is 24.3 Å². The monoisotopic (exact) mass is 518 g/mol. The van der Waals surface area contributed by atoms with Gasteiger partial charge in [0.1, 0.15) is 0 Å². The summed E-state index contributed by atoms with van der Waals surface area (Å²) in [6.07, 6.45) is -2.75. The van der Waals surface area contributed by atoms with Crippen LogP contribution in [0.1, 0.15) is 19.6 Å². The van der Waals surface area contributed by atoms with Gasteiger partial charge in [0.15, 0.2) is 16.7 Å². The Labute approximate surface area is 170 Å². The Morgan fingerprint density at radius 2 is 1.90 bits per heavy atom. The third kappa shape index (κ3) is 6.92. The number of aromatic nitrogens is 2. The highest BCUT2D eigenvalue weighted by atomic mass is 32.1. The van der Waals surface area contributed by atoms with E-state index in [1.54, 1.807) is 0 Å². The zero-order valence-electron chi connectivity index (χ0n) is 14.7. The molecule has 0 saturated carbocycles. The second-order valence-electron chi connectivity index (χ2n) is 6.12. The van der Waals surface area contributed by atoms with Crippen molar-refractivity contribution in [1.82, 2.24) is 9.55 Å². The zero-order chi connectivity index (χ0) is 23.1. The van der Waals surface area contributed by atoms with E-state index >= 15 is 0 Å². The molecule has 1 fully saturated rings. The largest absolute Gasteiger partial charge is 0.490 e. The van der Waals surface area contributed by atoms with Crippen LogP contribution in [0.15, 0.2) is 11.0 Å². The minimum absolute atomic E-state index is 0.371. The van der Waals surface area contributed by atoms with Crippen molar-refractivity contribution in [3.05, 3.63) is 27.1 Å². The van der Waals surface area contributed by atoms with Gasteiger partial charge in [-0.25, -0.2) is 18.1 Å². The number of nitrogens with zero attached hydrogens (tertiary/aromatic N) is 1. The van der Waals surface area contributed by atoms with E-state index in [2.05, 4.69) is 13.1 Å². The fraction of sp³-hybridized carbons (Fsp3) is 0.600. The van der Waals surface area contributed by atoms with Crippen molar-refractivity contribution >= 4 is 35.7 Å². The lowest BCUT2D eigenvalue weighted by Crippen LogP contribution is -2.30. The molecule has 0 radical (unpaired) electrons. The van der Waals surface area contributed by atoms with Crippen LogP contribution >= 0.6 is 35.7 Å². The molecule has 0 amide bonds. The van der Waals surface area contributed by atoms with Gasteiger partial charge in [0, 0.05) is 6.42 Å². The minimum atomic E-state index is -5.71. The standard InChI is InChI=1S/C10H15F2N2O12P3S/c1-10(12)2-5(24-8(10)14-3-6(11)7(15)13-9(14)30)4-23-28(19,20)26-29(21,22)25-27(16,17)18/h3,5,8H,2,4H2,1H3,(H,19,20)(H,21,22)(H,13,15,30)(H2,16,17,18)/t5-,8+,10+/m0/s1. The molecule has 172 valence electrons. The molecule has 0 aliphatic carbocycles. The molecule has 0 aromatic carbocycles. The number of ether oxygens (including phenoxy) is 1. The Hall–Kier alpha value is -0.670. The third-order valence-electron chi connectivity index (χ3n) is 3.48. The van der Waals surface area contributed by atoms with E-state index in [9.17, 15) is 32.2 Å². The van der Waals surface area contributed by atoms with Crippen LogP contribution in [0, 0.1) is 10.6 Å². The molecule has 5 atom stereocenters. The van der Waals surface area contributed by atoms with Gasteiger partial charge in [-0.2, -0.15) is 13.0 Å². The molecule has 20 heteroatoms. The second kappa shape index (κ2) is 8.70. The molecule has 2 heterocycles. The highest BCUT2D eigenvalue weighted by Crippen LogP contribution is 2.66. The maximum atomic E-state index is 14.9. The normalized spacial score (nSPS) is 28.8. The molecule has 5 N–H and O–H groups in total. The summed E-state index contributed by atoms with van der Waals surface area (Å²) in [5, 5.41) is 0. The number of hydrogen-bond acceptors (Lipinski definition) is 9. The number of phosphoric acid groups is 3. The lowest BCUT2D eigenvalue weighted by atomic mass is 10.0. The Morgan fingerprint density at radius 3 is 2.47 bits per heavy atom. The van der Waals surface area contributed by atoms with Crippen LogP contribution in [-0.2, 0) is 31.6 Å². The predicted octanol–water partition coefficient (Wildman–Crippen LogP) is 1.40. The fourth-order valence-corrected chi connectivity index (χ4v) is 5.78. The van der Waals surface area contributed by atoms with Crippen LogP contribution in [0.2, 0.25) is 0 Å². The maximum absolute atomic E-state index is 14.9. The summed E-state index contributed by atoms with van der Waals surface area (Å²) in [7, 11) is -16.7. The molecule has 1 aliphatic heterocycles. The summed E-state index contributed by atoms with van der Waals surface area (Å²) >= 11 is 4.83. The van der Waals surface area contributed by atoms with Crippen molar-refractivity contribution in [1.29, 1.82) is 0 Å². The summed E-state index contributed by atoms with van der Waals surface area (Å²) in [5.41, 5.74) is -3.37. The molecule has 1 aromatic heterocycles. The Morgan fingerprint density at radius 1 is 1.30 bits per heavy atom. The van der Waals surface area contributed by atoms with E-state index in [4.69, 9.17) is 31.6 Å². The van der Waals surface area contributed by atoms with Gasteiger partial charge in [0.2, 0.25) is 5.82 Å². The quantitative estimate of drug-likeness (QED) is 0.244. The van der Waals surface area contributed by atoms with Crippen LogP contribution in [-0.4, -0.2) is 47.5 Å². The van der Waals surface area contributed by atoms with Crippen molar-refractivity contribution in [2.75, 3.05) is 6.61 Å². The molecule has 30 heavy (non-hydrogen) atoms. The number of aromatic amines is 1. The average molecular weight is 518 g/mol. The zero-order valence-corrected chi connectivity index (χ0v) is 18.2. The Bertz CT molecular complexity index is 1070. The van der Waals surface area contributed by atoms with Gasteiger partial charge >= 0.3 is 23.5 Å². The van der Waals surface area contributed by atoms with Crippen molar-refractivity contribution < 1.29 is 59.9 Å². The predicted molar refractivity (Wildman–Crippen MR) is 93.7 cm³/mol. The van der Waals surface area contributed by atoms with Crippen molar-refractivity contribution in [2.24, 2.45) is 0 Å². The van der Waals surface area contributed by atoms with Gasteiger partial charge in [-0.15, -0.1) is 0 Å². The molecule has 0 spiro atoms. The van der Waals surface area contributed by atoms with E-state index in [1.165, 1.54) is 0 Å². The van der Waals surface area contributed by atoms with Crippen molar-refractivity contribution in [2.45, 2.75) is 31.3 Å². The number of phosphoric ester groups is 1. The topological polar surface area (TPSA) is 207 Å². The lowest BCUT2D eigenvalue weighted by molar-refractivity contribution is -0.0598. The number of hydrogen-bond donors (Lipinski definition) is 5. The van der Waals surface area contributed by atoms with E-state index in [-0.39, 0.29) is 4.77 Å². The van der Waals surface area contributed by atoms with Gasteiger partial charge in [-0.05, 0) is 19.1 Å². The van der Waals surface area contributed by atoms with E-state index in [0.717, 1.165) is 11.5 Å². The summed E-state index contributed by atoms with van der Waals surface area (Å²) in [6.45, 7) is 0.131. The highest BCUT2D eigenvalue weighted by Gasteiger charge is 2.48. The summed E-state index contributed by atoms with van der Waals surface area (Å²) in [5.74, 6) is -1.28. The molecule has 1 saturated heterocycles. The number of H-pyrrole nitrogens is 1. The van der Waals surface area contributed by atoms with Crippen molar-refractivity contribution in [3.8, 4) is 0 Å². The minimum Gasteiger partial charge on any atom is -0.349 e. The van der Waals surface area contributed by atoms with Crippen LogP contribution in [0.25, 0.3) is 0 Å². The van der Waals surface area contributed by atoms with E-state index < -0.39 is 65.9 Å². The van der Waals surface area contributed by atoms with Gasteiger partial charge in [-0.3, -0.25) is 18.9 Å². The first kappa shape index (κ1) is 25.6. The summed E-state index contributed by atoms with van der Waals surface area (Å²) in [4.78, 5) is 48.6. The van der Waals surface area contributed by atoms with Crippen LogP contribution in [0.5, 0.6) is 0 Å². The van der Waals surface area contributed by atoms with E-state index in [1.807, 2.05) is 4.98 Å². The van der Waals surface area contributed by atoms with Gasteiger partial charge in [-0.1, -0.05) is 0 Å². The fourth-order valence-electron chi connectivity index (χ4n) is 2.49. The highest BCUT2D eigenvalue weighted by molar-refractivity contribution is 7.71. The summed E-state index contributed by atoms with van der Waals surface area (Å²) in [6, 6.07) is 0. The smallest absolute Gasteiger partial charge is 0.349 e. The summed E-state index contributed by atoms with van der Waals surface area (Å²) < 4.78 is 79.1. The average Bonchev–Trinajstić information content (AvgIpc) is 2.80. The first-order chi connectivity index (χ1) is 13.4. The Kier molecular flexibility index (Phi) is 7.42. The molecule has 14 nitrogen and oxygen atoms in total. The van der Waals surface area contributed by atoms with Crippen LogP contribution in [0.4, 0.5) is 8.78 Å². The van der Waals surface area contributed by atoms with Crippen LogP contribution < -0.4 is 5.56 Å². The molecule has 0 bridgehead atoms. The number of halogens is 2. The molecule has 2 rings (SSSR count). The molecule has 1 aromatic rings. The number of rotatable bonds is 8. The lowest BCUT2D eigenvalue weighted by Gasteiger charge is -2.23. The van der Waals surface area contributed by atoms with E-state index in [0.29, 0.717) is 6.20 Å². The molecular formula is C10H15F2N2O12P3S. The first-order valence-corrected chi connectivity index (χ1v) is 12.5. The third-order valence-corrected chi connectivity index (χ3v) is 7.60. The SMILES string of the molecule is C[C@@]1(F)C[C@@H](COP(=O)(O)OP(=O)(O)OP(=O)(O)O)O[C@H]1n1cc(F)c(=O)[nH]c1=S.